The molecule has 0 aliphatic rings. The van der Waals surface area contributed by atoms with Crippen molar-refractivity contribution in [2.24, 2.45) is 7.05 Å². The van der Waals surface area contributed by atoms with Crippen LogP contribution in [0.15, 0.2) is 65.1 Å². The Morgan fingerprint density at radius 2 is 1.86 bits per heavy atom. The van der Waals surface area contributed by atoms with Gasteiger partial charge in [-0.2, -0.15) is 0 Å². The van der Waals surface area contributed by atoms with Crippen molar-refractivity contribution >= 4 is 23.1 Å². The maximum atomic E-state index is 13.0. The van der Waals surface area contributed by atoms with Crippen LogP contribution in [-0.2, 0) is 19.4 Å². The van der Waals surface area contributed by atoms with Crippen molar-refractivity contribution in [2.45, 2.75) is 17.5 Å². The second kappa shape index (κ2) is 8.53. The van der Waals surface area contributed by atoms with E-state index in [1.54, 1.807) is 35.2 Å². The molecule has 0 saturated heterocycles. The second-order valence-electron chi connectivity index (χ2n) is 6.00. The predicted molar refractivity (Wildman–Crippen MR) is 109 cm³/mol. The van der Waals surface area contributed by atoms with Crippen LogP contribution < -0.4 is 4.74 Å². The Morgan fingerprint density at radius 3 is 2.64 bits per heavy atom. The zero-order valence-corrected chi connectivity index (χ0v) is 16.7. The molecule has 0 radical (unpaired) electrons. The van der Waals surface area contributed by atoms with Crippen molar-refractivity contribution in [3.63, 3.8) is 0 Å². The minimum Gasteiger partial charge on any atom is -0.486 e. The van der Waals surface area contributed by atoms with Gasteiger partial charge in [0.2, 0.25) is 0 Å². The number of halogens is 1. The van der Waals surface area contributed by atoms with Gasteiger partial charge in [0.1, 0.15) is 23.2 Å². The van der Waals surface area contributed by atoms with Crippen LogP contribution in [0.2, 0.25) is 0 Å². The molecule has 0 amide bonds. The van der Waals surface area contributed by atoms with Crippen LogP contribution in [0.4, 0.5) is 4.39 Å². The highest BCUT2D eigenvalue weighted by molar-refractivity contribution is 7.98. The lowest BCUT2D eigenvalue weighted by Crippen LogP contribution is -2.04. The lowest BCUT2D eigenvalue weighted by Gasteiger charge is -2.06. The Morgan fingerprint density at radius 1 is 1.07 bits per heavy atom. The van der Waals surface area contributed by atoms with Crippen LogP contribution in [0, 0.1) is 5.82 Å². The lowest BCUT2D eigenvalue weighted by atomic mass is 10.2. The third-order valence-corrected chi connectivity index (χ3v) is 6.02. The van der Waals surface area contributed by atoms with E-state index >= 15 is 0 Å². The van der Waals surface area contributed by atoms with Gasteiger partial charge in [-0.3, -0.25) is 0 Å². The number of ether oxygens (including phenoxy) is 1. The van der Waals surface area contributed by atoms with Gasteiger partial charge in [-0.15, -0.1) is 21.5 Å². The fraction of sp³-hybridized carbons (Fsp3) is 0.150. The number of nitrogens with zero attached hydrogens (tertiary/aromatic N) is 4. The molecule has 8 heteroatoms. The largest absolute Gasteiger partial charge is 0.486 e. The monoisotopic (exact) mass is 412 g/mol. The highest BCUT2D eigenvalue weighted by Gasteiger charge is 2.12. The van der Waals surface area contributed by atoms with Crippen molar-refractivity contribution in [3.8, 4) is 16.3 Å². The minimum absolute atomic E-state index is 0.268. The molecular weight excluding hydrogens is 395 g/mol. The first-order chi connectivity index (χ1) is 13.7. The molecule has 0 fully saturated rings. The molecule has 4 aromatic rings. The van der Waals surface area contributed by atoms with Crippen molar-refractivity contribution in [1.29, 1.82) is 0 Å². The van der Waals surface area contributed by atoms with E-state index in [9.17, 15) is 4.39 Å². The summed E-state index contributed by atoms with van der Waals surface area (Å²) in [5.74, 6) is 1.72. The molecule has 0 N–H and O–H groups in total. The molecule has 4 rings (SSSR count). The molecule has 0 aliphatic carbocycles. The van der Waals surface area contributed by atoms with Crippen molar-refractivity contribution in [3.05, 3.63) is 77.3 Å². The maximum Gasteiger partial charge on any atom is 0.191 e. The molecule has 2 aromatic carbocycles. The van der Waals surface area contributed by atoms with Crippen molar-refractivity contribution < 1.29 is 9.13 Å². The van der Waals surface area contributed by atoms with E-state index in [0.717, 1.165) is 21.4 Å². The SMILES string of the molecule is Cn1c(COc2ccc(F)cc2)nnc1SCc1csc(-c2ccccc2)n1. The third-order valence-electron chi connectivity index (χ3n) is 4.03. The Hall–Kier alpha value is -2.71. The van der Waals surface area contributed by atoms with Gasteiger partial charge in [0.25, 0.3) is 0 Å². The van der Waals surface area contributed by atoms with E-state index in [0.29, 0.717) is 17.3 Å². The average molecular weight is 413 g/mol. The summed E-state index contributed by atoms with van der Waals surface area (Å²) < 4.78 is 20.5. The van der Waals surface area contributed by atoms with E-state index in [1.165, 1.54) is 12.1 Å². The van der Waals surface area contributed by atoms with E-state index in [-0.39, 0.29) is 12.4 Å². The zero-order valence-electron chi connectivity index (χ0n) is 15.1. The summed E-state index contributed by atoms with van der Waals surface area (Å²) in [6.07, 6.45) is 0. The Kier molecular flexibility index (Phi) is 5.68. The predicted octanol–water partition coefficient (Wildman–Crippen LogP) is 4.95. The van der Waals surface area contributed by atoms with E-state index < -0.39 is 0 Å². The van der Waals surface area contributed by atoms with Gasteiger partial charge in [0, 0.05) is 23.7 Å². The van der Waals surface area contributed by atoms with Gasteiger partial charge in [0.15, 0.2) is 11.0 Å². The summed E-state index contributed by atoms with van der Waals surface area (Å²) in [6, 6.07) is 16.1. The fourth-order valence-corrected chi connectivity index (χ4v) is 4.25. The summed E-state index contributed by atoms with van der Waals surface area (Å²) in [5.41, 5.74) is 2.14. The molecule has 0 atom stereocenters. The first kappa shape index (κ1) is 18.6. The first-order valence-electron chi connectivity index (χ1n) is 8.58. The summed E-state index contributed by atoms with van der Waals surface area (Å²) in [6.45, 7) is 0.268. The van der Waals surface area contributed by atoms with E-state index in [4.69, 9.17) is 9.72 Å². The summed E-state index contributed by atoms with van der Waals surface area (Å²) in [5, 5.41) is 12.3. The smallest absolute Gasteiger partial charge is 0.191 e. The van der Waals surface area contributed by atoms with Gasteiger partial charge in [-0.25, -0.2) is 9.37 Å². The highest BCUT2D eigenvalue weighted by atomic mass is 32.2. The van der Waals surface area contributed by atoms with E-state index in [2.05, 4.69) is 27.7 Å². The van der Waals surface area contributed by atoms with Crippen LogP contribution in [0.5, 0.6) is 5.75 Å². The molecular formula is C20H17FN4OS2. The molecule has 0 bridgehead atoms. The molecule has 2 aromatic heterocycles. The van der Waals surface area contributed by atoms with Crippen LogP contribution in [-0.4, -0.2) is 19.7 Å². The average Bonchev–Trinajstić information content (AvgIpc) is 3.34. The van der Waals surface area contributed by atoms with Gasteiger partial charge >= 0.3 is 0 Å². The number of hydrogen-bond acceptors (Lipinski definition) is 6. The van der Waals surface area contributed by atoms with E-state index in [1.807, 2.05) is 29.8 Å². The molecule has 2 heterocycles. The standard InChI is InChI=1S/C20H17FN4OS2/c1-25-18(11-26-17-9-7-15(21)8-10-17)23-24-20(25)28-13-16-12-27-19(22-16)14-5-3-2-4-6-14/h2-10,12H,11,13H2,1H3. The van der Waals surface area contributed by atoms with Crippen LogP contribution in [0.3, 0.4) is 0 Å². The third kappa shape index (κ3) is 4.40. The summed E-state index contributed by atoms with van der Waals surface area (Å²) in [4.78, 5) is 4.70. The maximum absolute atomic E-state index is 13.0. The first-order valence-corrected chi connectivity index (χ1v) is 10.4. The Bertz CT molecular complexity index is 1050. The normalized spacial score (nSPS) is 10.9. The summed E-state index contributed by atoms with van der Waals surface area (Å²) >= 11 is 3.22. The van der Waals surface area contributed by atoms with Gasteiger partial charge in [0.05, 0.1) is 5.69 Å². The van der Waals surface area contributed by atoms with Crippen LogP contribution >= 0.6 is 23.1 Å². The number of rotatable bonds is 7. The molecule has 0 spiro atoms. The number of thioether (sulfide) groups is 1. The molecule has 0 saturated carbocycles. The minimum atomic E-state index is -0.290. The Labute approximate surface area is 170 Å². The van der Waals surface area contributed by atoms with Gasteiger partial charge < -0.3 is 9.30 Å². The zero-order chi connectivity index (χ0) is 19.3. The van der Waals surface area contributed by atoms with Crippen LogP contribution in [0.25, 0.3) is 10.6 Å². The highest BCUT2D eigenvalue weighted by Crippen LogP contribution is 2.27. The molecule has 0 aliphatic heterocycles. The van der Waals surface area contributed by atoms with Crippen molar-refractivity contribution in [2.75, 3.05) is 0 Å². The number of hydrogen-bond donors (Lipinski definition) is 0. The molecule has 5 nitrogen and oxygen atoms in total. The Balaban J connectivity index is 1.36. The topological polar surface area (TPSA) is 52.8 Å². The van der Waals surface area contributed by atoms with Gasteiger partial charge in [-0.1, -0.05) is 42.1 Å². The number of aromatic nitrogens is 4. The lowest BCUT2D eigenvalue weighted by molar-refractivity contribution is 0.290. The number of thiazole rings is 1. The number of benzene rings is 2. The summed E-state index contributed by atoms with van der Waals surface area (Å²) in [7, 11) is 1.90. The van der Waals surface area contributed by atoms with Gasteiger partial charge in [-0.05, 0) is 24.3 Å². The fourth-order valence-electron chi connectivity index (χ4n) is 2.50. The molecule has 0 unspecified atom stereocenters. The molecule has 142 valence electrons. The molecule has 28 heavy (non-hydrogen) atoms. The van der Waals surface area contributed by atoms with Crippen molar-refractivity contribution in [1.82, 2.24) is 19.7 Å². The van der Waals surface area contributed by atoms with Crippen LogP contribution in [0.1, 0.15) is 11.5 Å². The second-order valence-corrected chi connectivity index (χ2v) is 7.80. The quantitative estimate of drug-likeness (QED) is 0.402.